The highest BCUT2D eigenvalue weighted by molar-refractivity contribution is 7.98. The zero-order valence-electron chi connectivity index (χ0n) is 8.92. The van der Waals surface area contributed by atoms with Crippen LogP contribution in [0.25, 0.3) is 0 Å². The van der Waals surface area contributed by atoms with E-state index in [0.717, 1.165) is 23.4 Å². The topological polar surface area (TPSA) is 12.0 Å². The van der Waals surface area contributed by atoms with Gasteiger partial charge in [-0.3, -0.25) is 0 Å². The van der Waals surface area contributed by atoms with Gasteiger partial charge in [-0.2, -0.15) is 0 Å². The maximum atomic E-state index is 13.6. The van der Waals surface area contributed by atoms with E-state index in [1.165, 1.54) is 24.6 Å². The molecule has 3 heteroatoms. The Bertz CT molecular complexity index is 334. The number of nitrogens with one attached hydrogen (secondary N) is 1. The van der Waals surface area contributed by atoms with Crippen molar-refractivity contribution in [1.82, 2.24) is 5.32 Å². The maximum Gasteiger partial charge on any atom is 0.137 e. The van der Waals surface area contributed by atoms with Gasteiger partial charge in [0.1, 0.15) is 5.82 Å². The molecule has 1 aliphatic rings. The summed E-state index contributed by atoms with van der Waals surface area (Å²) >= 11 is 1.46. The van der Waals surface area contributed by atoms with E-state index >= 15 is 0 Å². The fourth-order valence-corrected chi connectivity index (χ4v) is 2.49. The second-order valence-electron chi connectivity index (χ2n) is 3.90. The van der Waals surface area contributed by atoms with Crippen LogP contribution in [-0.2, 0) is 0 Å². The Hall–Kier alpha value is -0.540. The minimum Gasteiger partial charge on any atom is -0.310 e. The van der Waals surface area contributed by atoms with Crippen molar-refractivity contribution in [3.63, 3.8) is 0 Å². The number of benzene rings is 1. The van der Waals surface area contributed by atoms with E-state index in [4.69, 9.17) is 0 Å². The van der Waals surface area contributed by atoms with E-state index in [1.54, 1.807) is 6.07 Å². The van der Waals surface area contributed by atoms with Gasteiger partial charge in [-0.25, -0.2) is 4.39 Å². The molecule has 15 heavy (non-hydrogen) atoms. The molecule has 1 aromatic rings. The van der Waals surface area contributed by atoms with Gasteiger partial charge in [-0.15, -0.1) is 11.8 Å². The average Bonchev–Trinajstić information content (AvgIpc) is 2.30. The second-order valence-corrected chi connectivity index (χ2v) is 4.74. The molecular weight excluding hydrogens is 209 g/mol. The number of halogens is 1. The largest absolute Gasteiger partial charge is 0.310 e. The molecular formula is C12H16FNS. The van der Waals surface area contributed by atoms with Gasteiger partial charge < -0.3 is 5.32 Å². The van der Waals surface area contributed by atoms with Gasteiger partial charge in [0, 0.05) is 10.9 Å². The van der Waals surface area contributed by atoms with E-state index in [9.17, 15) is 4.39 Å². The minimum atomic E-state index is -0.0904. The first kappa shape index (κ1) is 11.0. The smallest absolute Gasteiger partial charge is 0.137 e. The lowest BCUT2D eigenvalue weighted by Gasteiger charge is -2.24. The summed E-state index contributed by atoms with van der Waals surface area (Å²) in [5.41, 5.74) is 1.09. The van der Waals surface area contributed by atoms with Crippen LogP contribution in [0.1, 0.15) is 30.9 Å². The Morgan fingerprint density at radius 1 is 1.40 bits per heavy atom. The average molecular weight is 225 g/mol. The van der Waals surface area contributed by atoms with Crippen LogP contribution in [0.5, 0.6) is 0 Å². The fraction of sp³-hybridized carbons (Fsp3) is 0.500. The van der Waals surface area contributed by atoms with Crippen molar-refractivity contribution in [2.45, 2.75) is 30.2 Å². The summed E-state index contributed by atoms with van der Waals surface area (Å²) in [7, 11) is 0. The van der Waals surface area contributed by atoms with Crippen molar-refractivity contribution in [2.75, 3.05) is 12.8 Å². The number of thioether (sulfide) groups is 1. The Labute approximate surface area is 94.5 Å². The minimum absolute atomic E-state index is 0.0904. The van der Waals surface area contributed by atoms with Gasteiger partial charge in [-0.05, 0) is 43.3 Å². The number of hydrogen-bond acceptors (Lipinski definition) is 2. The van der Waals surface area contributed by atoms with Crippen molar-refractivity contribution >= 4 is 11.8 Å². The van der Waals surface area contributed by atoms with Gasteiger partial charge in [0.2, 0.25) is 0 Å². The van der Waals surface area contributed by atoms with E-state index in [-0.39, 0.29) is 5.82 Å². The van der Waals surface area contributed by atoms with Crippen LogP contribution in [0.4, 0.5) is 4.39 Å². The number of piperidine rings is 1. The molecule has 1 atom stereocenters. The first-order chi connectivity index (χ1) is 7.31. The van der Waals surface area contributed by atoms with Crippen LogP contribution in [0.15, 0.2) is 23.1 Å². The molecule has 0 aliphatic carbocycles. The normalized spacial score (nSPS) is 21.6. The fourth-order valence-electron chi connectivity index (χ4n) is 2.04. The van der Waals surface area contributed by atoms with Crippen molar-refractivity contribution in [1.29, 1.82) is 0 Å². The third-order valence-corrected chi connectivity index (χ3v) is 3.66. The lowest BCUT2D eigenvalue weighted by atomic mass is 9.97. The number of hydrogen-bond donors (Lipinski definition) is 1. The van der Waals surface area contributed by atoms with Crippen LogP contribution < -0.4 is 5.32 Å². The standard InChI is InChI=1S/C12H16FNS/c1-15-12-6-5-9(8-10(12)13)11-4-2-3-7-14-11/h5-6,8,11,14H,2-4,7H2,1H3. The van der Waals surface area contributed by atoms with Crippen molar-refractivity contribution in [2.24, 2.45) is 0 Å². The zero-order valence-corrected chi connectivity index (χ0v) is 9.74. The quantitative estimate of drug-likeness (QED) is 0.775. The van der Waals surface area contributed by atoms with E-state index in [0.29, 0.717) is 6.04 Å². The van der Waals surface area contributed by atoms with Crippen molar-refractivity contribution in [3.05, 3.63) is 29.6 Å². The number of rotatable bonds is 2. The van der Waals surface area contributed by atoms with Crippen LogP contribution >= 0.6 is 11.8 Å². The van der Waals surface area contributed by atoms with Gasteiger partial charge in [0.25, 0.3) is 0 Å². The lowest BCUT2D eigenvalue weighted by molar-refractivity contribution is 0.410. The maximum absolute atomic E-state index is 13.6. The lowest BCUT2D eigenvalue weighted by Crippen LogP contribution is -2.26. The summed E-state index contributed by atoms with van der Waals surface area (Å²) in [6.45, 7) is 1.05. The summed E-state index contributed by atoms with van der Waals surface area (Å²) in [5, 5.41) is 3.43. The van der Waals surface area contributed by atoms with Gasteiger partial charge in [-0.1, -0.05) is 12.5 Å². The molecule has 0 amide bonds. The molecule has 0 radical (unpaired) electrons. The molecule has 0 aromatic heterocycles. The molecule has 0 saturated carbocycles. The predicted octanol–water partition coefficient (Wildman–Crippen LogP) is 3.36. The van der Waals surface area contributed by atoms with Gasteiger partial charge in [0.05, 0.1) is 0 Å². The van der Waals surface area contributed by atoms with Crippen molar-refractivity contribution < 1.29 is 4.39 Å². The Balaban J connectivity index is 2.17. The van der Waals surface area contributed by atoms with E-state index in [1.807, 2.05) is 18.4 Å². The summed E-state index contributed by atoms with van der Waals surface area (Å²) in [6.07, 6.45) is 5.50. The Morgan fingerprint density at radius 2 is 2.27 bits per heavy atom. The van der Waals surface area contributed by atoms with Crippen LogP contribution in [0, 0.1) is 5.82 Å². The third-order valence-electron chi connectivity index (χ3n) is 2.89. The van der Waals surface area contributed by atoms with Crippen LogP contribution in [-0.4, -0.2) is 12.8 Å². The highest BCUT2D eigenvalue weighted by Gasteiger charge is 2.15. The summed E-state index contributed by atoms with van der Waals surface area (Å²) in [5.74, 6) is -0.0904. The van der Waals surface area contributed by atoms with Crippen molar-refractivity contribution in [3.8, 4) is 0 Å². The summed E-state index contributed by atoms with van der Waals surface area (Å²) in [4.78, 5) is 0.731. The molecule has 1 saturated heterocycles. The monoisotopic (exact) mass is 225 g/mol. The van der Waals surface area contributed by atoms with E-state index in [2.05, 4.69) is 5.32 Å². The first-order valence-electron chi connectivity index (χ1n) is 5.38. The predicted molar refractivity (Wildman–Crippen MR) is 62.8 cm³/mol. The molecule has 2 rings (SSSR count). The summed E-state index contributed by atoms with van der Waals surface area (Å²) < 4.78 is 13.6. The molecule has 1 fully saturated rings. The molecule has 1 unspecified atom stereocenters. The SMILES string of the molecule is CSc1ccc(C2CCCCN2)cc1F. The Kier molecular flexibility index (Phi) is 3.65. The van der Waals surface area contributed by atoms with Crippen LogP contribution in [0.2, 0.25) is 0 Å². The molecule has 1 aromatic carbocycles. The molecule has 82 valence electrons. The zero-order chi connectivity index (χ0) is 10.7. The molecule has 1 aliphatic heterocycles. The van der Waals surface area contributed by atoms with Gasteiger partial charge >= 0.3 is 0 Å². The van der Waals surface area contributed by atoms with Gasteiger partial charge in [0.15, 0.2) is 0 Å². The van der Waals surface area contributed by atoms with Crippen LogP contribution in [0.3, 0.4) is 0 Å². The van der Waals surface area contributed by atoms with E-state index < -0.39 is 0 Å². The molecule has 1 nitrogen and oxygen atoms in total. The molecule has 0 bridgehead atoms. The molecule has 0 spiro atoms. The highest BCUT2D eigenvalue weighted by atomic mass is 32.2. The molecule has 1 heterocycles. The second kappa shape index (κ2) is 4.99. The Morgan fingerprint density at radius 3 is 2.87 bits per heavy atom. The third kappa shape index (κ3) is 2.52. The first-order valence-corrected chi connectivity index (χ1v) is 6.60. The highest BCUT2D eigenvalue weighted by Crippen LogP contribution is 2.27. The molecule has 1 N–H and O–H groups in total. The summed E-state index contributed by atoms with van der Waals surface area (Å²) in [6, 6.07) is 5.95.